The minimum absolute atomic E-state index is 0.156. The fourth-order valence-corrected chi connectivity index (χ4v) is 0.788. The summed E-state index contributed by atoms with van der Waals surface area (Å²) >= 11 is 0. The number of carbonyl (C=O) groups is 1. The van der Waals surface area contributed by atoms with Crippen LogP contribution >= 0.6 is 0 Å². The van der Waals surface area contributed by atoms with Crippen molar-refractivity contribution in [1.29, 1.82) is 5.26 Å². The van der Waals surface area contributed by atoms with Crippen LogP contribution in [0, 0.1) is 11.3 Å². The fourth-order valence-electron chi connectivity index (χ4n) is 0.788. The van der Waals surface area contributed by atoms with E-state index in [1.54, 1.807) is 6.08 Å². The zero-order chi connectivity index (χ0) is 10.3. The fraction of sp³-hybridized carbons (Fsp3) is 0.556. The largest absolute Gasteiger partial charge is 0.478 e. The van der Waals surface area contributed by atoms with Gasteiger partial charge in [-0.3, -0.25) is 4.90 Å². The van der Waals surface area contributed by atoms with E-state index in [-0.39, 0.29) is 6.04 Å². The average molecular weight is 182 g/mol. The van der Waals surface area contributed by atoms with Gasteiger partial charge in [0.15, 0.2) is 0 Å². The van der Waals surface area contributed by atoms with Crippen molar-refractivity contribution in [1.82, 2.24) is 4.90 Å². The summed E-state index contributed by atoms with van der Waals surface area (Å²) < 4.78 is 0. The molecular weight excluding hydrogens is 168 g/mol. The Morgan fingerprint density at radius 1 is 1.77 bits per heavy atom. The Morgan fingerprint density at radius 2 is 2.38 bits per heavy atom. The van der Waals surface area contributed by atoms with Crippen LogP contribution in [0.5, 0.6) is 0 Å². The molecule has 72 valence electrons. The van der Waals surface area contributed by atoms with Gasteiger partial charge in [0.1, 0.15) is 0 Å². The van der Waals surface area contributed by atoms with Crippen LogP contribution in [0.2, 0.25) is 0 Å². The molecule has 1 unspecified atom stereocenters. The molecule has 4 nitrogen and oxygen atoms in total. The molecule has 4 heteroatoms. The first kappa shape index (κ1) is 11.7. The highest BCUT2D eigenvalue weighted by Gasteiger charge is 2.05. The van der Waals surface area contributed by atoms with Crippen molar-refractivity contribution >= 4 is 5.97 Å². The van der Waals surface area contributed by atoms with Crippen LogP contribution < -0.4 is 0 Å². The van der Waals surface area contributed by atoms with Gasteiger partial charge in [-0.2, -0.15) is 5.26 Å². The number of hydrogen-bond acceptors (Lipinski definition) is 3. The van der Waals surface area contributed by atoms with Crippen LogP contribution in [0.1, 0.15) is 13.3 Å². The summed E-state index contributed by atoms with van der Waals surface area (Å²) in [5.41, 5.74) is 0. The lowest BCUT2D eigenvalue weighted by atomic mass is 10.2. The molecule has 0 aliphatic rings. The Kier molecular flexibility index (Phi) is 5.57. The minimum Gasteiger partial charge on any atom is -0.478 e. The van der Waals surface area contributed by atoms with Crippen LogP contribution in [-0.4, -0.2) is 35.6 Å². The Labute approximate surface area is 78.1 Å². The van der Waals surface area contributed by atoms with E-state index in [2.05, 4.69) is 6.07 Å². The zero-order valence-corrected chi connectivity index (χ0v) is 7.90. The van der Waals surface area contributed by atoms with Crippen LogP contribution in [0.15, 0.2) is 12.2 Å². The lowest BCUT2D eigenvalue weighted by Crippen LogP contribution is -2.28. The lowest BCUT2D eigenvalue weighted by molar-refractivity contribution is -0.131. The molecule has 0 spiro atoms. The summed E-state index contributed by atoms with van der Waals surface area (Å²) in [6.07, 6.45) is 3.13. The van der Waals surface area contributed by atoms with E-state index < -0.39 is 5.97 Å². The second kappa shape index (κ2) is 6.21. The van der Waals surface area contributed by atoms with Gasteiger partial charge in [0.2, 0.25) is 0 Å². The first-order valence-electron chi connectivity index (χ1n) is 4.04. The average Bonchev–Trinajstić information content (AvgIpc) is 2.04. The molecule has 0 aromatic carbocycles. The zero-order valence-electron chi connectivity index (χ0n) is 7.90. The highest BCUT2D eigenvalue weighted by Crippen LogP contribution is 1.99. The van der Waals surface area contributed by atoms with E-state index in [9.17, 15) is 4.79 Å². The molecule has 0 bridgehead atoms. The molecular formula is C9H14N2O2. The lowest BCUT2D eigenvalue weighted by Gasteiger charge is -2.20. The number of rotatable bonds is 5. The molecule has 0 aliphatic carbocycles. The van der Waals surface area contributed by atoms with Crippen LogP contribution in [-0.2, 0) is 4.79 Å². The molecule has 0 saturated heterocycles. The molecule has 0 amide bonds. The molecule has 0 radical (unpaired) electrons. The second-order valence-electron chi connectivity index (χ2n) is 2.89. The molecule has 1 atom stereocenters. The molecule has 0 aromatic rings. The molecule has 13 heavy (non-hydrogen) atoms. The number of aliphatic carboxylic acids is 1. The third-order valence-corrected chi connectivity index (χ3v) is 1.79. The van der Waals surface area contributed by atoms with Crippen LogP contribution in [0.4, 0.5) is 0 Å². The number of hydrogen-bond donors (Lipinski definition) is 1. The van der Waals surface area contributed by atoms with Crippen molar-refractivity contribution in [2.24, 2.45) is 0 Å². The van der Waals surface area contributed by atoms with E-state index in [1.807, 2.05) is 18.9 Å². The topological polar surface area (TPSA) is 64.3 Å². The van der Waals surface area contributed by atoms with Crippen molar-refractivity contribution in [2.45, 2.75) is 19.4 Å². The highest BCUT2D eigenvalue weighted by atomic mass is 16.4. The highest BCUT2D eigenvalue weighted by molar-refractivity contribution is 5.79. The Hall–Kier alpha value is -1.34. The summed E-state index contributed by atoms with van der Waals surface area (Å²) in [7, 11) is 1.86. The standard InChI is InChI=1S/C9H14N2O2/c1-8(5-6-10)11(2)7-3-4-9(12)13/h3-4,8H,5,7H2,1-2H3,(H,12,13). The van der Waals surface area contributed by atoms with Crippen molar-refractivity contribution in [2.75, 3.05) is 13.6 Å². The van der Waals surface area contributed by atoms with Crippen molar-refractivity contribution in [3.8, 4) is 6.07 Å². The van der Waals surface area contributed by atoms with E-state index in [1.165, 1.54) is 0 Å². The smallest absolute Gasteiger partial charge is 0.328 e. The first-order valence-corrected chi connectivity index (χ1v) is 4.04. The summed E-state index contributed by atoms with van der Waals surface area (Å²) in [4.78, 5) is 12.0. The van der Waals surface area contributed by atoms with Gasteiger partial charge in [-0.15, -0.1) is 0 Å². The Morgan fingerprint density at radius 3 is 2.85 bits per heavy atom. The number of nitrogens with zero attached hydrogens (tertiary/aromatic N) is 2. The maximum atomic E-state index is 10.1. The third kappa shape index (κ3) is 5.88. The molecule has 0 fully saturated rings. The summed E-state index contributed by atoms with van der Waals surface area (Å²) in [5.74, 6) is -0.943. The predicted octanol–water partition coefficient (Wildman–Crippen LogP) is 0.861. The summed E-state index contributed by atoms with van der Waals surface area (Å²) in [6.45, 7) is 2.48. The van der Waals surface area contributed by atoms with Gasteiger partial charge in [-0.25, -0.2) is 4.79 Å². The van der Waals surface area contributed by atoms with Gasteiger partial charge in [0, 0.05) is 18.7 Å². The van der Waals surface area contributed by atoms with Gasteiger partial charge >= 0.3 is 5.97 Å². The van der Waals surface area contributed by atoms with Crippen molar-refractivity contribution < 1.29 is 9.90 Å². The van der Waals surface area contributed by atoms with E-state index in [4.69, 9.17) is 10.4 Å². The summed E-state index contributed by atoms with van der Waals surface area (Å²) in [5, 5.41) is 16.7. The van der Waals surface area contributed by atoms with Crippen LogP contribution in [0.3, 0.4) is 0 Å². The normalized spacial score (nSPS) is 13.1. The molecule has 0 aliphatic heterocycles. The van der Waals surface area contributed by atoms with Crippen molar-refractivity contribution in [3.05, 3.63) is 12.2 Å². The predicted molar refractivity (Wildman–Crippen MR) is 49.1 cm³/mol. The third-order valence-electron chi connectivity index (χ3n) is 1.79. The molecule has 0 rings (SSSR count). The Bertz CT molecular complexity index is 230. The van der Waals surface area contributed by atoms with Crippen molar-refractivity contribution in [3.63, 3.8) is 0 Å². The monoisotopic (exact) mass is 182 g/mol. The summed E-state index contributed by atoms with van der Waals surface area (Å²) in [6, 6.07) is 2.22. The van der Waals surface area contributed by atoms with E-state index in [0.717, 1.165) is 6.08 Å². The number of nitriles is 1. The Balaban J connectivity index is 3.80. The number of likely N-dealkylation sites (N-methyl/N-ethyl adjacent to an activating group) is 1. The minimum atomic E-state index is -0.943. The maximum Gasteiger partial charge on any atom is 0.328 e. The number of carboxylic acid groups (broad SMARTS) is 1. The number of carboxylic acids is 1. The molecule has 0 heterocycles. The maximum absolute atomic E-state index is 10.1. The second-order valence-corrected chi connectivity index (χ2v) is 2.89. The van der Waals surface area contributed by atoms with Gasteiger partial charge in [-0.1, -0.05) is 6.08 Å². The van der Waals surface area contributed by atoms with Gasteiger partial charge in [-0.05, 0) is 14.0 Å². The molecule has 0 saturated carbocycles. The molecule has 1 N–H and O–H groups in total. The first-order chi connectivity index (χ1) is 6.07. The SMILES string of the molecule is CC(CC#N)N(C)CC=CC(=O)O. The van der Waals surface area contributed by atoms with E-state index in [0.29, 0.717) is 13.0 Å². The molecule has 0 aromatic heterocycles. The quantitative estimate of drug-likeness (QED) is 0.640. The van der Waals surface area contributed by atoms with Gasteiger partial charge in [0.05, 0.1) is 12.5 Å². The van der Waals surface area contributed by atoms with Gasteiger partial charge < -0.3 is 5.11 Å². The van der Waals surface area contributed by atoms with Crippen LogP contribution in [0.25, 0.3) is 0 Å². The van der Waals surface area contributed by atoms with Gasteiger partial charge in [0.25, 0.3) is 0 Å². The van der Waals surface area contributed by atoms with E-state index >= 15 is 0 Å².